The van der Waals surface area contributed by atoms with Gasteiger partial charge < -0.3 is 9.15 Å². The van der Waals surface area contributed by atoms with E-state index in [1.807, 2.05) is 37.3 Å². The van der Waals surface area contributed by atoms with Crippen LogP contribution in [0, 0.1) is 5.92 Å². The van der Waals surface area contributed by atoms with Gasteiger partial charge in [-0.1, -0.05) is 37.5 Å². The van der Waals surface area contributed by atoms with E-state index in [4.69, 9.17) is 9.15 Å². The predicted octanol–water partition coefficient (Wildman–Crippen LogP) is 4.60. The maximum absolute atomic E-state index is 12.8. The second-order valence-electron chi connectivity index (χ2n) is 5.79. The van der Waals surface area contributed by atoms with Gasteiger partial charge in [0.05, 0.1) is 0 Å². The van der Waals surface area contributed by atoms with Crippen molar-refractivity contribution < 1.29 is 13.9 Å². The molecule has 1 atom stereocenters. The summed E-state index contributed by atoms with van der Waals surface area (Å²) in [5, 5.41) is 0.972. The fourth-order valence-electron chi connectivity index (χ4n) is 3.29. The van der Waals surface area contributed by atoms with Crippen molar-refractivity contribution in [3.05, 3.63) is 36.1 Å². The highest BCUT2D eigenvalue weighted by Gasteiger charge is 2.32. The van der Waals surface area contributed by atoms with Gasteiger partial charge in [0.2, 0.25) is 5.78 Å². The molecule has 1 aliphatic rings. The van der Waals surface area contributed by atoms with Crippen LogP contribution in [-0.4, -0.2) is 18.5 Å². The molecule has 1 aromatic carbocycles. The molecular formula is C18H22O3. The van der Waals surface area contributed by atoms with Gasteiger partial charge in [-0.25, -0.2) is 0 Å². The van der Waals surface area contributed by atoms with Crippen molar-refractivity contribution in [2.24, 2.45) is 5.92 Å². The number of hydrogen-bond donors (Lipinski definition) is 0. The number of fused-ring (bicyclic) bond motifs is 1. The molecule has 0 spiro atoms. The van der Waals surface area contributed by atoms with Crippen LogP contribution in [0.5, 0.6) is 0 Å². The number of hydrogen-bond acceptors (Lipinski definition) is 3. The molecule has 0 saturated heterocycles. The molecule has 112 valence electrons. The predicted molar refractivity (Wildman–Crippen MR) is 82.5 cm³/mol. The summed E-state index contributed by atoms with van der Waals surface area (Å²) in [5.74, 6) is 0.764. The number of carbonyl (C=O) groups is 1. The molecule has 0 aliphatic heterocycles. The lowest BCUT2D eigenvalue weighted by molar-refractivity contribution is 0.0109. The van der Waals surface area contributed by atoms with E-state index in [0.29, 0.717) is 18.3 Å². The van der Waals surface area contributed by atoms with Gasteiger partial charge in [-0.3, -0.25) is 4.79 Å². The molecule has 0 amide bonds. The molecule has 0 radical (unpaired) electrons. The van der Waals surface area contributed by atoms with Crippen LogP contribution in [0.2, 0.25) is 0 Å². The number of Topliss-reactive ketones (excluding diaryl/α,β-unsaturated/α-hetero) is 1. The van der Waals surface area contributed by atoms with E-state index in [0.717, 1.165) is 23.8 Å². The lowest BCUT2D eigenvalue weighted by Gasteiger charge is -2.28. The molecule has 1 saturated carbocycles. The van der Waals surface area contributed by atoms with Crippen molar-refractivity contribution in [2.45, 2.75) is 45.1 Å². The summed E-state index contributed by atoms with van der Waals surface area (Å²) >= 11 is 0. The second-order valence-corrected chi connectivity index (χ2v) is 5.79. The first-order chi connectivity index (χ1) is 10.3. The van der Waals surface area contributed by atoms with Gasteiger partial charge in [-0.15, -0.1) is 0 Å². The van der Waals surface area contributed by atoms with Crippen LogP contribution in [0.3, 0.4) is 0 Å². The first-order valence-electron chi connectivity index (χ1n) is 7.94. The number of furan rings is 1. The molecule has 1 aromatic heterocycles. The van der Waals surface area contributed by atoms with Crippen LogP contribution in [-0.2, 0) is 4.74 Å². The van der Waals surface area contributed by atoms with E-state index in [2.05, 4.69) is 0 Å². The zero-order chi connectivity index (χ0) is 14.7. The van der Waals surface area contributed by atoms with Crippen molar-refractivity contribution in [1.82, 2.24) is 0 Å². The maximum Gasteiger partial charge on any atom is 0.226 e. The SMILES string of the molecule is CCOC(C(=O)c1cc2ccccc2o1)C1CCCCC1. The number of ketones is 1. The topological polar surface area (TPSA) is 39.4 Å². The van der Waals surface area contributed by atoms with Gasteiger partial charge in [0.1, 0.15) is 11.7 Å². The minimum absolute atomic E-state index is 0.0000463. The molecule has 0 bridgehead atoms. The van der Waals surface area contributed by atoms with Crippen LogP contribution in [0.25, 0.3) is 11.0 Å². The van der Waals surface area contributed by atoms with E-state index < -0.39 is 0 Å². The maximum atomic E-state index is 12.8. The lowest BCUT2D eigenvalue weighted by Crippen LogP contribution is -2.34. The zero-order valence-electron chi connectivity index (χ0n) is 12.5. The van der Waals surface area contributed by atoms with Crippen molar-refractivity contribution in [1.29, 1.82) is 0 Å². The summed E-state index contributed by atoms with van der Waals surface area (Å²) in [4.78, 5) is 12.8. The second kappa shape index (κ2) is 6.44. The van der Waals surface area contributed by atoms with Gasteiger partial charge in [0.15, 0.2) is 5.76 Å². The first kappa shape index (κ1) is 14.3. The number of benzene rings is 1. The van der Waals surface area contributed by atoms with E-state index >= 15 is 0 Å². The lowest BCUT2D eigenvalue weighted by atomic mass is 9.83. The average molecular weight is 286 g/mol. The fraction of sp³-hybridized carbons (Fsp3) is 0.500. The van der Waals surface area contributed by atoms with Crippen LogP contribution < -0.4 is 0 Å². The molecule has 1 aliphatic carbocycles. The third-order valence-electron chi connectivity index (χ3n) is 4.35. The Morgan fingerprint density at radius 1 is 1.29 bits per heavy atom. The van der Waals surface area contributed by atoms with Crippen LogP contribution in [0.4, 0.5) is 0 Å². The van der Waals surface area contributed by atoms with Crippen molar-refractivity contribution >= 4 is 16.8 Å². The van der Waals surface area contributed by atoms with Crippen LogP contribution in [0.15, 0.2) is 34.7 Å². The Kier molecular flexibility index (Phi) is 4.39. The Labute approximate surface area is 125 Å². The van der Waals surface area contributed by atoms with E-state index in [1.165, 1.54) is 19.3 Å². The van der Waals surface area contributed by atoms with Crippen molar-refractivity contribution in [3.8, 4) is 0 Å². The van der Waals surface area contributed by atoms with Crippen LogP contribution in [0.1, 0.15) is 49.6 Å². The Balaban J connectivity index is 1.85. The summed E-state index contributed by atoms with van der Waals surface area (Å²) in [6.45, 7) is 2.51. The van der Waals surface area contributed by atoms with Crippen LogP contribution >= 0.6 is 0 Å². The van der Waals surface area contributed by atoms with Crippen molar-refractivity contribution in [2.75, 3.05) is 6.61 Å². The highest BCUT2D eigenvalue weighted by Crippen LogP contribution is 2.31. The normalized spacial score (nSPS) is 18.0. The van der Waals surface area contributed by atoms with E-state index in [1.54, 1.807) is 0 Å². The number of carbonyl (C=O) groups excluding carboxylic acids is 1. The average Bonchev–Trinajstić information content (AvgIpc) is 2.97. The van der Waals surface area contributed by atoms with Gasteiger partial charge in [0.25, 0.3) is 0 Å². The summed E-state index contributed by atoms with van der Waals surface area (Å²) in [7, 11) is 0. The highest BCUT2D eigenvalue weighted by atomic mass is 16.5. The summed E-state index contributed by atoms with van der Waals surface area (Å²) in [5.41, 5.74) is 0.764. The van der Waals surface area contributed by atoms with Gasteiger partial charge in [0, 0.05) is 12.0 Å². The summed E-state index contributed by atoms with van der Waals surface area (Å²) in [6.07, 6.45) is 5.47. The minimum atomic E-state index is -0.351. The zero-order valence-corrected chi connectivity index (χ0v) is 12.5. The molecule has 0 N–H and O–H groups in total. The molecule has 21 heavy (non-hydrogen) atoms. The van der Waals surface area contributed by atoms with E-state index in [-0.39, 0.29) is 11.9 Å². The highest BCUT2D eigenvalue weighted by molar-refractivity contribution is 6.00. The molecule has 3 heteroatoms. The molecular weight excluding hydrogens is 264 g/mol. The molecule has 3 rings (SSSR count). The number of ether oxygens (including phenoxy) is 1. The number of para-hydroxylation sites is 1. The largest absolute Gasteiger partial charge is 0.453 e. The van der Waals surface area contributed by atoms with Gasteiger partial charge >= 0.3 is 0 Å². The van der Waals surface area contributed by atoms with Gasteiger partial charge in [-0.05, 0) is 37.8 Å². The Morgan fingerprint density at radius 3 is 2.76 bits per heavy atom. The third kappa shape index (κ3) is 3.03. The Hall–Kier alpha value is -1.61. The Morgan fingerprint density at radius 2 is 2.05 bits per heavy atom. The fourth-order valence-corrected chi connectivity index (χ4v) is 3.29. The Bertz CT molecular complexity index is 575. The quantitative estimate of drug-likeness (QED) is 0.754. The third-order valence-corrected chi connectivity index (χ3v) is 4.35. The molecule has 1 heterocycles. The molecule has 2 aromatic rings. The molecule has 3 nitrogen and oxygen atoms in total. The van der Waals surface area contributed by atoms with E-state index in [9.17, 15) is 4.79 Å². The first-order valence-corrected chi connectivity index (χ1v) is 7.94. The van der Waals surface area contributed by atoms with Crippen molar-refractivity contribution in [3.63, 3.8) is 0 Å². The molecule has 1 fully saturated rings. The molecule has 1 unspecified atom stereocenters. The minimum Gasteiger partial charge on any atom is -0.453 e. The number of rotatable bonds is 5. The smallest absolute Gasteiger partial charge is 0.226 e. The summed E-state index contributed by atoms with van der Waals surface area (Å²) < 4.78 is 11.5. The monoisotopic (exact) mass is 286 g/mol. The van der Waals surface area contributed by atoms with Gasteiger partial charge in [-0.2, -0.15) is 0 Å². The standard InChI is InChI=1S/C18H22O3/c1-2-20-18(13-8-4-3-5-9-13)17(19)16-12-14-10-6-7-11-15(14)21-16/h6-7,10-13,18H,2-5,8-9H2,1H3. The summed E-state index contributed by atoms with van der Waals surface area (Å²) in [6, 6.07) is 9.56.